The minimum absolute atomic E-state index is 0.00141. The molecular weight excluding hydrogens is 532 g/mol. The predicted octanol–water partition coefficient (Wildman–Crippen LogP) is 3.75. The number of pyridine rings is 1. The number of nitrogens with zero attached hydrogens (tertiary/aromatic N) is 2. The maximum atomic E-state index is 14.4. The van der Waals surface area contributed by atoms with Crippen LogP contribution in [0.3, 0.4) is 0 Å². The normalized spacial score (nSPS) is 13.9. The van der Waals surface area contributed by atoms with E-state index in [2.05, 4.69) is 10.3 Å². The molecule has 2 amide bonds. The molecule has 3 aromatic carbocycles. The Balaban J connectivity index is 1.82. The average Bonchev–Trinajstić information content (AvgIpc) is 3.02. The Hall–Kier alpha value is -4.89. The van der Waals surface area contributed by atoms with Crippen LogP contribution in [-0.4, -0.2) is 56.2 Å². The second kappa shape index (κ2) is 13.2. The Kier molecular flexibility index (Phi) is 9.44. The van der Waals surface area contributed by atoms with E-state index in [9.17, 15) is 24.3 Å². The van der Waals surface area contributed by atoms with Gasteiger partial charge < -0.3 is 21.1 Å². The van der Waals surface area contributed by atoms with Gasteiger partial charge in [-0.2, -0.15) is 0 Å². The van der Waals surface area contributed by atoms with Gasteiger partial charge in [-0.05, 0) is 36.6 Å². The van der Waals surface area contributed by atoms with Crippen LogP contribution in [-0.2, 0) is 27.3 Å². The van der Waals surface area contributed by atoms with Crippen LogP contribution in [0.15, 0.2) is 97.1 Å². The van der Waals surface area contributed by atoms with Crippen LogP contribution < -0.4 is 11.1 Å². The molecule has 0 fully saturated rings. The number of aromatic nitrogens is 1. The molecule has 0 aliphatic carbocycles. The van der Waals surface area contributed by atoms with Gasteiger partial charge in [0.05, 0.1) is 11.1 Å². The Bertz CT molecular complexity index is 1580. The number of carboxylic acid groups (broad SMARTS) is 1. The van der Waals surface area contributed by atoms with Gasteiger partial charge in [0.25, 0.3) is 11.8 Å². The smallest absolute Gasteiger partial charge is 0.322 e. The number of carbonyl (C=O) groups is 4. The first-order valence-corrected chi connectivity index (χ1v) is 13.7. The Morgan fingerprint density at radius 3 is 2.10 bits per heavy atom. The molecule has 0 unspecified atom stereocenters. The number of para-hydroxylation sites is 1. The molecule has 0 bridgehead atoms. The molecule has 4 rings (SSSR count). The molecule has 0 aliphatic rings. The summed E-state index contributed by atoms with van der Waals surface area (Å²) in [7, 11) is 0. The highest BCUT2D eigenvalue weighted by molar-refractivity contribution is 6.38. The first kappa shape index (κ1) is 30.1. The molecule has 9 heteroatoms. The number of nitrogens with two attached hydrogens (primary N) is 1. The van der Waals surface area contributed by atoms with Crippen molar-refractivity contribution < 1.29 is 24.3 Å². The summed E-state index contributed by atoms with van der Waals surface area (Å²) in [5, 5.41) is 13.4. The van der Waals surface area contributed by atoms with Crippen molar-refractivity contribution in [1.29, 1.82) is 0 Å². The zero-order chi connectivity index (χ0) is 30.3. The molecule has 0 radical (unpaired) electrons. The number of amides is 2. The summed E-state index contributed by atoms with van der Waals surface area (Å²) >= 11 is 0. The fraction of sp³-hybridized carbons (Fsp3) is 0.242. The fourth-order valence-corrected chi connectivity index (χ4v) is 5.00. The molecule has 0 aliphatic heterocycles. The molecular formula is C33H34N4O5. The summed E-state index contributed by atoms with van der Waals surface area (Å²) in [4.78, 5) is 59.7. The van der Waals surface area contributed by atoms with Crippen LogP contribution in [0.5, 0.6) is 0 Å². The Morgan fingerprint density at radius 2 is 1.48 bits per heavy atom. The van der Waals surface area contributed by atoms with Crippen LogP contribution in [0.25, 0.3) is 10.9 Å². The van der Waals surface area contributed by atoms with Crippen molar-refractivity contribution in [3.63, 3.8) is 0 Å². The Labute approximate surface area is 244 Å². The van der Waals surface area contributed by atoms with Gasteiger partial charge in [-0.25, -0.2) is 4.98 Å². The van der Waals surface area contributed by atoms with Crippen molar-refractivity contribution >= 4 is 34.5 Å². The molecule has 216 valence electrons. The maximum absolute atomic E-state index is 14.4. The first-order valence-electron chi connectivity index (χ1n) is 13.7. The van der Waals surface area contributed by atoms with Crippen LogP contribution >= 0.6 is 0 Å². The highest BCUT2D eigenvalue weighted by atomic mass is 16.4. The maximum Gasteiger partial charge on any atom is 0.322 e. The molecule has 4 N–H and O–H groups in total. The van der Waals surface area contributed by atoms with E-state index < -0.39 is 41.2 Å². The van der Waals surface area contributed by atoms with E-state index in [1.54, 1.807) is 49.4 Å². The summed E-state index contributed by atoms with van der Waals surface area (Å²) in [6, 6.07) is 25.6. The first-order chi connectivity index (χ1) is 20.2. The van der Waals surface area contributed by atoms with Crippen molar-refractivity contribution in [3.05, 3.63) is 114 Å². The van der Waals surface area contributed by atoms with Gasteiger partial charge in [0.1, 0.15) is 17.8 Å². The van der Waals surface area contributed by atoms with E-state index in [1.807, 2.05) is 48.5 Å². The number of benzene rings is 3. The van der Waals surface area contributed by atoms with E-state index in [1.165, 1.54) is 17.9 Å². The van der Waals surface area contributed by atoms with Crippen molar-refractivity contribution in [3.8, 4) is 0 Å². The number of hydrogen-bond donors (Lipinski definition) is 3. The largest absolute Gasteiger partial charge is 0.480 e. The van der Waals surface area contributed by atoms with Gasteiger partial charge in [0.15, 0.2) is 0 Å². The van der Waals surface area contributed by atoms with E-state index >= 15 is 0 Å². The number of fused-ring (bicyclic) bond motifs is 1. The minimum atomic E-state index is -1.56. The van der Waals surface area contributed by atoms with Crippen LogP contribution in [0.4, 0.5) is 0 Å². The van der Waals surface area contributed by atoms with E-state index in [0.717, 1.165) is 10.9 Å². The molecule has 1 aromatic heterocycles. The van der Waals surface area contributed by atoms with Gasteiger partial charge in [0, 0.05) is 18.4 Å². The third-order valence-electron chi connectivity index (χ3n) is 7.64. The van der Waals surface area contributed by atoms with Gasteiger partial charge in [0.2, 0.25) is 5.78 Å². The third kappa shape index (κ3) is 6.53. The van der Waals surface area contributed by atoms with E-state index in [0.29, 0.717) is 11.1 Å². The van der Waals surface area contributed by atoms with Crippen LogP contribution in [0, 0.1) is 0 Å². The highest BCUT2D eigenvalue weighted by Gasteiger charge is 2.49. The summed E-state index contributed by atoms with van der Waals surface area (Å²) < 4.78 is 0. The standard InChI is InChI=1S/C33H34N4O5/c1-3-33(2,29(34)32(41)42)37(31(40)26-19-18-24-16-10-11-17-25(24)36-26)27(20-22-12-6-4-7-13-22)28(38)30(39)35-21-23-14-8-5-9-15-23/h4-19,27,29H,3,20-21,34H2,1-2H3,(H,35,39)(H,41,42)/t27-,29+,33-/m0/s1. The summed E-state index contributed by atoms with van der Waals surface area (Å²) in [6.07, 6.45) is 0.0453. The number of nitrogens with one attached hydrogen (secondary N) is 1. The molecule has 0 saturated carbocycles. The lowest BCUT2D eigenvalue weighted by Gasteiger charge is -2.46. The lowest BCUT2D eigenvalue weighted by molar-refractivity contribution is -0.146. The highest BCUT2D eigenvalue weighted by Crippen LogP contribution is 2.30. The molecule has 9 nitrogen and oxygen atoms in total. The van der Waals surface area contributed by atoms with Gasteiger partial charge >= 0.3 is 5.97 Å². The SMILES string of the molecule is CC[C@@](C)([C@H](N)C(=O)O)N(C(=O)c1ccc2ccccc2n1)[C@@H](Cc1ccccc1)C(=O)C(=O)NCc1ccccc1. The monoisotopic (exact) mass is 566 g/mol. The van der Waals surface area contributed by atoms with Crippen molar-refractivity contribution in [2.75, 3.05) is 0 Å². The molecule has 0 saturated heterocycles. The lowest BCUT2D eigenvalue weighted by atomic mass is 9.84. The second-order valence-electron chi connectivity index (χ2n) is 10.3. The van der Waals surface area contributed by atoms with E-state index in [4.69, 9.17) is 5.73 Å². The Morgan fingerprint density at radius 1 is 0.881 bits per heavy atom. The fourth-order valence-electron chi connectivity index (χ4n) is 5.00. The second-order valence-corrected chi connectivity index (χ2v) is 10.3. The number of hydrogen-bond acceptors (Lipinski definition) is 6. The third-order valence-corrected chi connectivity index (χ3v) is 7.64. The molecule has 42 heavy (non-hydrogen) atoms. The minimum Gasteiger partial charge on any atom is -0.480 e. The molecule has 3 atom stereocenters. The van der Waals surface area contributed by atoms with Gasteiger partial charge in [-0.3, -0.25) is 19.2 Å². The predicted molar refractivity (Wildman–Crippen MR) is 159 cm³/mol. The number of carboxylic acids is 1. The van der Waals surface area contributed by atoms with Gasteiger partial charge in [-0.15, -0.1) is 0 Å². The van der Waals surface area contributed by atoms with E-state index in [-0.39, 0.29) is 25.1 Å². The number of rotatable bonds is 12. The number of Topliss-reactive ketones (excluding diaryl/α,β-unsaturated/α-hetero) is 1. The topological polar surface area (TPSA) is 143 Å². The zero-order valence-electron chi connectivity index (χ0n) is 23.6. The summed E-state index contributed by atoms with van der Waals surface area (Å²) in [5.74, 6) is -3.83. The quantitative estimate of drug-likeness (QED) is 0.222. The van der Waals surface area contributed by atoms with Crippen molar-refractivity contribution in [2.45, 2.75) is 50.9 Å². The summed E-state index contributed by atoms with van der Waals surface area (Å²) in [5.41, 5.74) is 6.69. The molecule has 1 heterocycles. The number of ketones is 1. The van der Waals surface area contributed by atoms with Crippen LogP contribution in [0.1, 0.15) is 41.9 Å². The summed E-state index contributed by atoms with van der Waals surface area (Å²) in [6.45, 7) is 3.32. The number of carbonyl (C=O) groups excluding carboxylic acids is 3. The average molecular weight is 567 g/mol. The zero-order valence-corrected chi connectivity index (χ0v) is 23.6. The lowest BCUT2D eigenvalue weighted by Crippen LogP contribution is -2.67. The molecule has 0 spiro atoms. The van der Waals surface area contributed by atoms with Crippen LogP contribution in [0.2, 0.25) is 0 Å². The molecule has 4 aromatic rings. The van der Waals surface area contributed by atoms with Crippen molar-refractivity contribution in [2.24, 2.45) is 5.73 Å². The van der Waals surface area contributed by atoms with Gasteiger partial charge in [-0.1, -0.05) is 91.9 Å². The number of aliphatic carboxylic acids is 1. The van der Waals surface area contributed by atoms with Crippen molar-refractivity contribution in [1.82, 2.24) is 15.2 Å².